The Balaban J connectivity index is 2.25. The summed E-state index contributed by atoms with van der Waals surface area (Å²) in [4.78, 5) is 24.8. The molecule has 1 N–H and O–H groups in total. The van der Waals surface area contributed by atoms with Gasteiger partial charge < -0.3 is 14.6 Å². The highest BCUT2D eigenvalue weighted by atomic mass is 19.1. The summed E-state index contributed by atoms with van der Waals surface area (Å²) in [6.07, 6.45) is 0. The van der Waals surface area contributed by atoms with Crippen LogP contribution in [0.3, 0.4) is 0 Å². The van der Waals surface area contributed by atoms with Crippen LogP contribution in [0.2, 0.25) is 0 Å². The number of aliphatic carboxylic acids is 1. The molecule has 0 saturated carbocycles. The van der Waals surface area contributed by atoms with Crippen LogP contribution in [0.1, 0.15) is 21.7 Å². The molecule has 0 aliphatic heterocycles. The Kier molecular flexibility index (Phi) is 4.60. The summed E-state index contributed by atoms with van der Waals surface area (Å²) in [5.74, 6) is -1.85. The molecule has 0 aliphatic carbocycles. The number of halogens is 1. The molecule has 1 amide bonds. The zero-order chi connectivity index (χ0) is 16.3. The van der Waals surface area contributed by atoms with Gasteiger partial charge in [-0.2, -0.15) is 0 Å². The molecule has 0 saturated heterocycles. The average Bonchev–Trinajstić information content (AvgIpc) is 2.79. The first-order valence-electron chi connectivity index (χ1n) is 6.76. The number of carboxylic acids is 1. The van der Waals surface area contributed by atoms with Crippen LogP contribution in [0.15, 0.2) is 36.4 Å². The van der Waals surface area contributed by atoms with Crippen LogP contribution < -0.4 is 0 Å². The summed E-state index contributed by atoms with van der Waals surface area (Å²) in [6.45, 7) is 1.55. The van der Waals surface area contributed by atoms with E-state index in [1.807, 2.05) is 6.92 Å². The van der Waals surface area contributed by atoms with Crippen molar-refractivity contribution in [2.24, 2.45) is 7.05 Å². The number of hydrogen-bond donors (Lipinski definition) is 1. The van der Waals surface area contributed by atoms with E-state index in [1.165, 1.54) is 29.2 Å². The molecule has 1 aromatic heterocycles. The van der Waals surface area contributed by atoms with Crippen molar-refractivity contribution >= 4 is 11.9 Å². The molecule has 0 spiro atoms. The number of aromatic nitrogens is 1. The molecule has 6 heteroatoms. The van der Waals surface area contributed by atoms with Crippen LogP contribution in [-0.2, 0) is 18.4 Å². The standard InChI is InChI=1S/C16H17FN2O3/c1-11-3-8-14(18(11)2)16(22)19(10-15(20)21)9-12-4-6-13(17)7-5-12/h3-8H,9-10H2,1-2H3,(H,20,21). The van der Waals surface area contributed by atoms with E-state index < -0.39 is 12.5 Å². The van der Waals surface area contributed by atoms with Gasteiger partial charge in [0.2, 0.25) is 0 Å². The van der Waals surface area contributed by atoms with E-state index in [0.29, 0.717) is 11.3 Å². The zero-order valence-electron chi connectivity index (χ0n) is 12.4. The molecule has 1 heterocycles. The summed E-state index contributed by atoms with van der Waals surface area (Å²) in [7, 11) is 1.75. The SMILES string of the molecule is Cc1ccc(C(=O)N(CC(=O)O)Cc2ccc(F)cc2)n1C. The fourth-order valence-corrected chi connectivity index (χ4v) is 2.16. The van der Waals surface area contributed by atoms with Crippen molar-refractivity contribution in [3.63, 3.8) is 0 Å². The van der Waals surface area contributed by atoms with E-state index in [9.17, 15) is 14.0 Å². The molecular formula is C16H17FN2O3. The summed E-state index contributed by atoms with van der Waals surface area (Å²) in [6, 6.07) is 9.10. The van der Waals surface area contributed by atoms with E-state index in [0.717, 1.165) is 5.69 Å². The van der Waals surface area contributed by atoms with Gasteiger partial charge in [-0.15, -0.1) is 0 Å². The number of nitrogens with zero attached hydrogens (tertiary/aromatic N) is 2. The first-order chi connectivity index (χ1) is 10.4. The minimum Gasteiger partial charge on any atom is -0.480 e. The maximum atomic E-state index is 12.9. The largest absolute Gasteiger partial charge is 0.480 e. The fraction of sp³-hybridized carbons (Fsp3) is 0.250. The Labute approximate surface area is 127 Å². The Hall–Kier alpha value is -2.63. The number of hydrogen-bond acceptors (Lipinski definition) is 2. The quantitative estimate of drug-likeness (QED) is 0.921. The fourth-order valence-electron chi connectivity index (χ4n) is 2.16. The van der Waals surface area contributed by atoms with E-state index in [1.54, 1.807) is 23.7 Å². The number of carbonyl (C=O) groups excluding carboxylic acids is 1. The number of carbonyl (C=O) groups is 2. The molecule has 0 bridgehead atoms. The molecule has 5 nitrogen and oxygen atoms in total. The molecule has 0 aliphatic rings. The lowest BCUT2D eigenvalue weighted by Crippen LogP contribution is -2.36. The third kappa shape index (κ3) is 3.52. The van der Waals surface area contributed by atoms with Crippen LogP contribution in [0, 0.1) is 12.7 Å². The minimum atomic E-state index is -1.10. The molecule has 0 fully saturated rings. The van der Waals surface area contributed by atoms with E-state index in [-0.39, 0.29) is 18.3 Å². The lowest BCUT2D eigenvalue weighted by atomic mass is 10.2. The normalized spacial score (nSPS) is 10.5. The maximum absolute atomic E-state index is 12.9. The van der Waals surface area contributed by atoms with Crippen molar-refractivity contribution in [1.82, 2.24) is 9.47 Å². The van der Waals surface area contributed by atoms with Gasteiger partial charge in [-0.1, -0.05) is 12.1 Å². The highest BCUT2D eigenvalue weighted by molar-refractivity contribution is 5.94. The number of benzene rings is 1. The number of carboxylic acid groups (broad SMARTS) is 1. The van der Waals surface area contributed by atoms with Crippen molar-refractivity contribution < 1.29 is 19.1 Å². The second-order valence-electron chi connectivity index (χ2n) is 5.10. The molecule has 0 atom stereocenters. The third-order valence-electron chi connectivity index (χ3n) is 3.49. The number of aryl methyl sites for hydroxylation is 1. The van der Waals surface area contributed by atoms with Gasteiger partial charge in [0.25, 0.3) is 5.91 Å². The predicted octanol–water partition coefficient (Wildman–Crippen LogP) is 2.20. The molecule has 1 aromatic carbocycles. The van der Waals surface area contributed by atoms with Crippen LogP contribution in [0.25, 0.3) is 0 Å². The topological polar surface area (TPSA) is 62.5 Å². The lowest BCUT2D eigenvalue weighted by molar-refractivity contribution is -0.137. The van der Waals surface area contributed by atoms with Gasteiger partial charge in [0.1, 0.15) is 18.1 Å². The second kappa shape index (κ2) is 6.43. The van der Waals surface area contributed by atoms with Gasteiger partial charge in [-0.25, -0.2) is 4.39 Å². The van der Waals surface area contributed by atoms with Gasteiger partial charge in [0, 0.05) is 19.3 Å². The molecule has 0 unspecified atom stereocenters. The molecule has 0 radical (unpaired) electrons. The lowest BCUT2D eigenvalue weighted by Gasteiger charge is -2.21. The zero-order valence-corrected chi connectivity index (χ0v) is 12.4. The average molecular weight is 304 g/mol. The summed E-state index contributed by atoms with van der Waals surface area (Å²) < 4.78 is 14.6. The van der Waals surface area contributed by atoms with Crippen LogP contribution in [-0.4, -0.2) is 33.0 Å². The van der Waals surface area contributed by atoms with E-state index >= 15 is 0 Å². The summed E-state index contributed by atoms with van der Waals surface area (Å²) in [5.41, 5.74) is 1.99. The van der Waals surface area contributed by atoms with Gasteiger partial charge in [0.05, 0.1) is 0 Å². The number of amides is 1. The second-order valence-corrected chi connectivity index (χ2v) is 5.10. The van der Waals surface area contributed by atoms with Gasteiger partial charge >= 0.3 is 5.97 Å². The smallest absolute Gasteiger partial charge is 0.323 e. The first kappa shape index (κ1) is 15.8. The van der Waals surface area contributed by atoms with E-state index in [2.05, 4.69) is 0 Å². The number of rotatable bonds is 5. The summed E-state index contributed by atoms with van der Waals surface area (Å²) >= 11 is 0. The van der Waals surface area contributed by atoms with Crippen LogP contribution in [0.5, 0.6) is 0 Å². The first-order valence-corrected chi connectivity index (χ1v) is 6.76. The molecule has 2 rings (SSSR count). The monoisotopic (exact) mass is 304 g/mol. The molecule has 2 aromatic rings. The van der Waals surface area contributed by atoms with Gasteiger partial charge in [0.15, 0.2) is 0 Å². The Morgan fingerprint density at radius 3 is 2.32 bits per heavy atom. The van der Waals surface area contributed by atoms with Crippen molar-refractivity contribution in [3.05, 3.63) is 59.2 Å². The minimum absolute atomic E-state index is 0.107. The Morgan fingerprint density at radius 2 is 1.82 bits per heavy atom. The van der Waals surface area contributed by atoms with Crippen molar-refractivity contribution in [3.8, 4) is 0 Å². The highest BCUT2D eigenvalue weighted by Crippen LogP contribution is 2.13. The van der Waals surface area contributed by atoms with Crippen molar-refractivity contribution in [2.75, 3.05) is 6.54 Å². The van der Waals surface area contributed by atoms with Crippen molar-refractivity contribution in [1.29, 1.82) is 0 Å². The summed E-state index contributed by atoms with van der Waals surface area (Å²) in [5, 5.41) is 9.02. The van der Waals surface area contributed by atoms with Gasteiger partial charge in [-0.3, -0.25) is 9.59 Å². The Morgan fingerprint density at radius 1 is 1.18 bits per heavy atom. The molecule has 116 valence electrons. The van der Waals surface area contributed by atoms with Crippen LogP contribution in [0.4, 0.5) is 4.39 Å². The maximum Gasteiger partial charge on any atom is 0.323 e. The van der Waals surface area contributed by atoms with Crippen molar-refractivity contribution in [2.45, 2.75) is 13.5 Å². The predicted molar refractivity (Wildman–Crippen MR) is 78.9 cm³/mol. The third-order valence-corrected chi connectivity index (χ3v) is 3.49. The van der Waals surface area contributed by atoms with Gasteiger partial charge in [-0.05, 0) is 36.8 Å². The molecular weight excluding hydrogens is 287 g/mol. The Bertz CT molecular complexity index is 692. The highest BCUT2D eigenvalue weighted by Gasteiger charge is 2.21. The van der Waals surface area contributed by atoms with Crippen LogP contribution >= 0.6 is 0 Å². The van der Waals surface area contributed by atoms with E-state index in [4.69, 9.17) is 5.11 Å². The molecule has 22 heavy (non-hydrogen) atoms.